The molecule has 0 aliphatic rings. The second kappa shape index (κ2) is 6.28. The molecule has 3 aromatic carbocycles. The molecule has 0 radical (unpaired) electrons. The van der Waals surface area contributed by atoms with Crippen molar-refractivity contribution in [3.05, 3.63) is 77.4 Å². The van der Waals surface area contributed by atoms with Gasteiger partial charge in [-0.2, -0.15) is 5.26 Å². The highest BCUT2D eigenvalue weighted by Crippen LogP contribution is 2.19. The highest BCUT2D eigenvalue weighted by atomic mass is 32.2. The van der Waals surface area contributed by atoms with Gasteiger partial charge in [0, 0.05) is 0 Å². The number of primary sulfonamides is 1. The second-order valence-corrected chi connectivity index (χ2v) is 6.94. The van der Waals surface area contributed by atoms with E-state index in [1.54, 1.807) is 18.2 Å². The summed E-state index contributed by atoms with van der Waals surface area (Å²) in [6.07, 6.45) is 3.85. The van der Waals surface area contributed by atoms with Crippen LogP contribution in [0.5, 0.6) is 0 Å². The second-order valence-electron chi connectivity index (χ2n) is 5.38. The molecule has 0 atom stereocenters. The van der Waals surface area contributed by atoms with Gasteiger partial charge in [-0.3, -0.25) is 0 Å². The first-order chi connectivity index (χ1) is 11.5. The summed E-state index contributed by atoms with van der Waals surface area (Å²) in [6.45, 7) is 0. The van der Waals surface area contributed by atoms with Crippen LogP contribution in [0.1, 0.15) is 16.7 Å². The molecule has 0 saturated carbocycles. The molecule has 5 heteroatoms. The highest BCUT2D eigenvalue weighted by molar-refractivity contribution is 7.89. The molecule has 3 aromatic rings. The average Bonchev–Trinajstić information content (AvgIpc) is 2.59. The van der Waals surface area contributed by atoms with E-state index in [4.69, 9.17) is 10.4 Å². The molecule has 0 aromatic heterocycles. The van der Waals surface area contributed by atoms with Gasteiger partial charge in [0.2, 0.25) is 10.0 Å². The Kier molecular flexibility index (Phi) is 4.17. The fraction of sp³-hybridized carbons (Fsp3) is 0. The van der Waals surface area contributed by atoms with E-state index in [-0.39, 0.29) is 4.90 Å². The lowest BCUT2D eigenvalue weighted by Crippen LogP contribution is -2.11. The number of nitrogens with zero attached hydrogens (tertiary/aromatic N) is 1. The molecule has 2 N–H and O–H groups in total. The van der Waals surface area contributed by atoms with Crippen LogP contribution in [0.4, 0.5) is 0 Å². The summed E-state index contributed by atoms with van der Waals surface area (Å²) in [5, 5.41) is 16.1. The number of hydrogen-bond acceptors (Lipinski definition) is 3. The van der Waals surface area contributed by atoms with Crippen molar-refractivity contribution in [2.24, 2.45) is 5.14 Å². The van der Waals surface area contributed by atoms with Gasteiger partial charge in [0.25, 0.3) is 0 Å². The minimum Gasteiger partial charge on any atom is -0.225 e. The smallest absolute Gasteiger partial charge is 0.225 e. The number of rotatable bonds is 3. The maximum Gasteiger partial charge on any atom is 0.238 e. The minimum absolute atomic E-state index is 0.0960. The lowest BCUT2D eigenvalue weighted by atomic mass is 10.0. The molecule has 0 spiro atoms. The van der Waals surface area contributed by atoms with E-state index < -0.39 is 10.0 Å². The molecule has 4 nitrogen and oxygen atoms in total. The molecule has 0 aliphatic heterocycles. The molecule has 0 heterocycles. The molecular formula is C19H14N2O2S. The third kappa shape index (κ3) is 3.51. The summed E-state index contributed by atoms with van der Waals surface area (Å²) in [6, 6.07) is 20.1. The van der Waals surface area contributed by atoms with Crippen LogP contribution in [0.15, 0.2) is 65.6 Å². The fourth-order valence-electron chi connectivity index (χ4n) is 2.40. The van der Waals surface area contributed by atoms with Crippen molar-refractivity contribution < 1.29 is 8.42 Å². The van der Waals surface area contributed by atoms with E-state index in [9.17, 15) is 8.42 Å². The van der Waals surface area contributed by atoms with Gasteiger partial charge in [0.05, 0.1) is 16.5 Å². The summed E-state index contributed by atoms with van der Waals surface area (Å²) in [5.74, 6) is 0. The zero-order valence-corrected chi connectivity index (χ0v) is 13.5. The van der Waals surface area contributed by atoms with Crippen LogP contribution in [-0.2, 0) is 10.0 Å². The van der Waals surface area contributed by atoms with Gasteiger partial charge in [-0.15, -0.1) is 0 Å². The highest BCUT2D eigenvalue weighted by Gasteiger charge is 2.05. The Labute approximate surface area is 140 Å². The monoisotopic (exact) mass is 334 g/mol. The topological polar surface area (TPSA) is 83.9 Å². The standard InChI is InChI=1S/C19H14N2O2S/c20-13-16-4-8-17-11-15(3-7-18(17)12-16)2-1-14-5-9-19(10-6-14)24(21,22)23/h1-12H,(H2,21,22,23). The summed E-state index contributed by atoms with van der Waals surface area (Å²) in [7, 11) is -3.66. The first-order valence-corrected chi connectivity index (χ1v) is 8.75. The molecule has 3 rings (SSSR count). The lowest BCUT2D eigenvalue weighted by Gasteiger charge is -2.01. The van der Waals surface area contributed by atoms with Crippen molar-refractivity contribution >= 4 is 32.9 Å². The first-order valence-electron chi connectivity index (χ1n) is 7.20. The van der Waals surface area contributed by atoms with Crippen LogP contribution in [0, 0.1) is 11.3 Å². The van der Waals surface area contributed by atoms with Crippen molar-refractivity contribution in [3.8, 4) is 6.07 Å². The van der Waals surface area contributed by atoms with Crippen LogP contribution < -0.4 is 5.14 Å². The lowest BCUT2D eigenvalue weighted by molar-refractivity contribution is 0.598. The van der Waals surface area contributed by atoms with Gasteiger partial charge in [-0.25, -0.2) is 13.6 Å². The van der Waals surface area contributed by atoms with Crippen molar-refractivity contribution in [2.45, 2.75) is 4.90 Å². The van der Waals surface area contributed by atoms with Gasteiger partial charge < -0.3 is 0 Å². The van der Waals surface area contributed by atoms with E-state index >= 15 is 0 Å². The molecule has 0 unspecified atom stereocenters. The van der Waals surface area contributed by atoms with Gasteiger partial charge in [0.1, 0.15) is 0 Å². The summed E-state index contributed by atoms with van der Waals surface area (Å²) >= 11 is 0. The Morgan fingerprint density at radius 1 is 0.833 bits per heavy atom. The van der Waals surface area contributed by atoms with Gasteiger partial charge >= 0.3 is 0 Å². The summed E-state index contributed by atoms with van der Waals surface area (Å²) < 4.78 is 22.5. The first kappa shape index (κ1) is 15.9. The zero-order valence-electron chi connectivity index (χ0n) is 12.7. The van der Waals surface area contributed by atoms with Crippen molar-refractivity contribution in [2.75, 3.05) is 0 Å². The quantitative estimate of drug-likeness (QED) is 0.744. The number of benzene rings is 3. The van der Waals surface area contributed by atoms with Gasteiger partial charge in [-0.1, -0.05) is 42.5 Å². The molecule has 24 heavy (non-hydrogen) atoms. The molecule has 118 valence electrons. The van der Waals surface area contributed by atoms with Gasteiger partial charge in [0.15, 0.2) is 0 Å². The number of sulfonamides is 1. The molecule has 0 bridgehead atoms. The number of nitriles is 1. The predicted octanol–water partition coefficient (Wildman–Crippen LogP) is 3.53. The molecule has 0 amide bonds. The van der Waals surface area contributed by atoms with Crippen LogP contribution in [-0.4, -0.2) is 8.42 Å². The number of hydrogen-bond donors (Lipinski definition) is 1. The molecule has 0 saturated heterocycles. The Morgan fingerprint density at radius 3 is 2.08 bits per heavy atom. The van der Waals surface area contributed by atoms with Crippen LogP contribution >= 0.6 is 0 Å². The summed E-state index contributed by atoms with van der Waals surface area (Å²) in [4.78, 5) is 0.0960. The molecular weight excluding hydrogens is 320 g/mol. The van der Waals surface area contributed by atoms with Gasteiger partial charge in [-0.05, 0) is 52.2 Å². The maximum atomic E-state index is 11.2. The molecule has 0 aliphatic carbocycles. The van der Waals surface area contributed by atoms with E-state index in [0.29, 0.717) is 5.56 Å². The van der Waals surface area contributed by atoms with E-state index in [2.05, 4.69) is 6.07 Å². The summed E-state index contributed by atoms with van der Waals surface area (Å²) in [5.41, 5.74) is 2.53. The Balaban J connectivity index is 1.86. The number of nitrogens with two attached hydrogens (primary N) is 1. The fourth-order valence-corrected chi connectivity index (χ4v) is 2.91. The zero-order chi connectivity index (χ0) is 17.2. The normalized spacial score (nSPS) is 11.7. The maximum absolute atomic E-state index is 11.2. The Morgan fingerprint density at radius 2 is 1.42 bits per heavy atom. The average molecular weight is 334 g/mol. The number of fused-ring (bicyclic) bond motifs is 1. The van der Waals surface area contributed by atoms with E-state index in [1.165, 1.54) is 12.1 Å². The van der Waals surface area contributed by atoms with Crippen molar-refractivity contribution in [1.82, 2.24) is 0 Å². The Bertz CT molecular complexity index is 1080. The van der Waals surface area contributed by atoms with Crippen LogP contribution in [0.25, 0.3) is 22.9 Å². The van der Waals surface area contributed by atoms with E-state index in [0.717, 1.165) is 21.9 Å². The van der Waals surface area contributed by atoms with Crippen LogP contribution in [0.3, 0.4) is 0 Å². The Hall–Kier alpha value is -2.94. The van der Waals surface area contributed by atoms with E-state index in [1.807, 2.05) is 42.5 Å². The predicted molar refractivity (Wildman–Crippen MR) is 95.4 cm³/mol. The minimum atomic E-state index is -3.66. The largest absolute Gasteiger partial charge is 0.238 e. The van der Waals surface area contributed by atoms with Crippen LogP contribution in [0.2, 0.25) is 0 Å². The van der Waals surface area contributed by atoms with Crippen molar-refractivity contribution in [3.63, 3.8) is 0 Å². The SMILES string of the molecule is N#Cc1ccc2cc(C=Cc3ccc(S(N)(=O)=O)cc3)ccc2c1. The van der Waals surface area contributed by atoms with Crippen molar-refractivity contribution in [1.29, 1.82) is 5.26 Å². The molecule has 0 fully saturated rings. The third-order valence-corrected chi connectivity index (χ3v) is 4.60. The third-order valence-electron chi connectivity index (χ3n) is 3.67.